The molecule has 1 aromatic heterocycles. The van der Waals surface area contributed by atoms with Crippen LogP contribution in [0.15, 0.2) is 30.5 Å². The summed E-state index contributed by atoms with van der Waals surface area (Å²) in [5.74, 6) is 4.44. The lowest BCUT2D eigenvalue weighted by molar-refractivity contribution is -0.129. The zero-order valence-corrected chi connectivity index (χ0v) is 10.1. The Hall–Kier alpha value is -2.54. The molecule has 0 bridgehead atoms. The molecule has 2 aromatic rings. The lowest BCUT2D eigenvalue weighted by atomic mass is 10.1. The standard InChI is InChI=1S/C12H14N4O3/c13-12(18)19-10(11(17)16-14)5-7-6-15-9-4-2-1-3-8(7)9/h1-4,6,10,15H,5,14H2,(H2,13,18)(H,16,17)/t10-/m0/s1. The Morgan fingerprint density at radius 1 is 1.37 bits per heavy atom. The minimum atomic E-state index is -1.05. The fourth-order valence-electron chi connectivity index (χ4n) is 1.92. The molecular weight excluding hydrogens is 248 g/mol. The second kappa shape index (κ2) is 5.40. The molecule has 1 aromatic carbocycles. The van der Waals surface area contributed by atoms with Gasteiger partial charge in [0.05, 0.1) is 0 Å². The van der Waals surface area contributed by atoms with Crippen LogP contribution in [0, 0.1) is 0 Å². The highest BCUT2D eigenvalue weighted by Gasteiger charge is 2.22. The van der Waals surface area contributed by atoms with Crippen molar-refractivity contribution in [3.8, 4) is 0 Å². The van der Waals surface area contributed by atoms with Crippen molar-refractivity contribution in [2.45, 2.75) is 12.5 Å². The number of hydrogen-bond acceptors (Lipinski definition) is 4. The molecule has 19 heavy (non-hydrogen) atoms. The van der Waals surface area contributed by atoms with Crippen LogP contribution in [0.4, 0.5) is 4.79 Å². The SMILES string of the molecule is NNC(=O)[C@H](Cc1c[nH]c2ccccc12)OC(N)=O. The number of primary amides is 1. The fourth-order valence-corrected chi connectivity index (χ4v) is 1.92. The average molecular weight is 262 g/mol. The fraction of sp³-hybridized carbons (Fsp3) is 0.167. The molecular formula is C12H14N4O3. The van der Waals surface area contributed by atoms with E-state index >= 15 is 0 Å². The summed E-state index contributed by atoms with van der Waals surface area (Å²) in [6.07, 6.45) is -0.128. The number of carbonyl (C=O) groups excluding carboxylic acids is 2. The first-order valence-corrected chi connectivity index (χ1v) is 5.63. The smallest absolute Gasteiger partial charge is 0.405 e. The van der Waals surface area contributed by atoms with E-state index in [2.05, 4.69) is 4.98 Å². The number of ether oxygens (including phenoxy) is 1. The van der Waals surface area contributed by atoms with Crippen LogP contribution in [0.3, 0.4) is 0 Å². The number of para-hydroxylation sites is 1. The molecule has 7 heteroatoms. The van der Waals surface area contributed by atoms with E-state index in [-0.39, 0.29) is 6.42 Å². The van der Waals surface area contributed by atoms with E-state index in [1.807, 2.05) is 29.7 Å². The molecule has 0 aliphatic rings. The summed E-state index contributed by atoms with van der Waals surface area (Å²) in [6.45, 7) is 0. The highest BCUT2D eigenvalue weighted by molar-refractivity contribution is 5.86. The second-order valence-electron chi connectivity index (χ2n) is 4.00. The van der Waals surface area contributed by atoms with Gasteiger partial charge in [0.25, 0.3) is 5.91 Å². The van der Waals surface area contributed by atoms with Crippen molar-refractivity contribution in [2.24, 2.45) is 11.6 Å². The van der Waals surface area contributed by atoms with Crippen molar-refractivity contribution >= 4 is 22.9 Å². The van der Waals surface area contributed by atoms with Crippen LogP contribution in [0.1, 0.15) is 5.56 Å². The lowest BCUT2D eigenvalue weighted by Crippen LogP contribution is -2.43. The Balaban J connectivity index is 2.25. The summed E-state index contributed by atoms with van der Waals surface area (Å²) >= 11 is 0. The van der Waals surface area contributed by atoms with E-state index in [0.717, 1.165) is 16.5 Å². The van der Waals surface area contributed by atoms with Crippen LogP contribution in [0.25, 0.3) is 10.9 Å². The van der Waals surface area contributed by atoms with Gasteiger partial charge >= 0.3 is 6.09 Å². The summed E-state index contributed by atoms with van der Waals surface area (Å²) in [4.78, 5) is 25.4. The quantitative estimate of drug-likeness (QED) is 0.356. The van der Waals surface area contributed by atoms with Gasteiger partial charge in [0.2, 0.25) is 0 Å². The summed E-state index contributed by atoms with van der Waals surface area (Å²) in [5.41, 5.74) is 8.66. The Bertz CT molecular complexity index is 608. The molecule has 0 aliphatic carbocycles. The number of hydrogen-bond donors (Lipinski definition) is 4. The molecule has 0 saturated heterocycles. The number of amides is 2. The first-order chi connectivity index (χ1) is 9.11. The topological polar surface area (TPSA) is 123 Å². The third-order valence-corrected chi connectivity index (χ3v) is 2.77. The predicted molar refractivity (Wildman–Crippen MR) is 68.8 cm³/mol. The minimum absolute atomic E-state index is 0.190. The molecule has 2 rings (SSSR count). The van der Waals surface area contributed by atoms with E-state index in [1.54, 1.807) is 6.20 Å². The van der Waals surface area contributed by atoms with Gasteiger partial charge in [-0.25, -0.2) is 10.6 Å². The molecule has 0 aliphatic heterocycles. The number of benzene rings is 1. The second-order valence-corrected chi connectivity index (χ2v) is 4.00. The number of rotatable bonds is 4. The predicted octanol–water partition coefficient (Wildman–Crippen LogP) is 0.164. The molecule has 0 radical (unpaired) electrons. The largest absolute Gasteiger partial charge is 0.436 e. The molecule has 1 heterocycles. The molecule has 0 spiro atoms. The maximum absolute atomic E-state index is 11.5. The molecule has 6 N–H and O–H groups in total. The molecule has 7 nitrogen and oxygen atoms in total. The van der Waals surface area contributed by atoms with Crippen LogP contribution in [-0.2, 0) is 16.0 Å². The summed E-state index contributed by atoms with van der Waals surface area (Å²) in [6, 6.07) is 7.59. The maximum Gasteiger partial charge on any atom is 0.405 e. The van der Waals surface area contributed by atoms with E-state index in [9.17, 15) is 9.59 Å². The zero-order chi connectivity index (χ0) is 13.8. The van der Waals surface area contributed by atoms with Crippen molar-refractivity contribution in [3.63, 3.8) is 0 Å². The Morgan fingerprint density at radius 3 is 2.79 bits per heavy atom. The summed E-state index contributed by atoms with van der Waals surface area (Å²) < 4.78 is 4.76. The van der Waals surface area contributed by atoms with Crippen LogP contribution in [-0.4, -0.2) is 23.1 Å². The van der Waals surface area contributed by atoms with Gasteiger partial charge in [-0.2, -0.15) is 0 Å². The van der Waals surface area contributed by atoms with Crippen molar-refractivity contribution in [3.05, 3.63) is 36.0 Å². The summed E-state index contributed by atoms with van der Waals surface area (Å²) in [5, 5.41) is 0.949. The van der Waals surface area contributed by atoms with Crippen LogP contribution < -0.4 is 17.0 Å². The van der Waals surface area contributed by atoms with Gasteiger partial charge < -0.3 is 15.5 Å². The van der Waals surface area contributed by atoms with E-state index in [1.165, 1.54) is 0 Å². The number of H-pyrrole nitrogens is 1. The van der Waals surface area contributed by atoms with Crippen LogP contribution >= 0.6 is 0 Å². The highest BCUT2D eigenvalue weighted by atomic mass is 16.6. The van der Waals surface area contributed by atoms with Crippen molar-refractivity contribution in [2.75, 3.05) is 0 Å². The van der Waals surface area contributed by atoms with Gasteiger partial charge in [-0.05, 0) is 11.6 Å². The zero-order valence-electron chi connectivity index (χ0n) is 10.1. The monoisotopic (exact) mass is 262 g/mol. The first kappa shape index (κ1) is 12.9. The van der Waals surface area contributed by atoms with Gasteiger partial charge in [0.1, 0.15) is 0 Å². The van der Waals surface area contributed by atoms with Gasteiger partial charge in [-0.15, -0.1) is 0 Å². The number of aromatic amines is 1. The molecule has 0 fully saturated rings. The van der Waals surface area contributed by atoms with Crippen molar-refractivity contribution in [1.82, 2.24) is 10.4 Å². The number of fused-ring (bicyclic) bond motifs is 1. The third kappa shape index (κ3) is 2.83. The maximum atomic E-state index is 11.5. The van der Waals surface area contributed by atoms with E-state index < -0.39 is 18.1 Å². The molecule has 1 atom stereocenters. The van der Waals surface area contributed by atoms with E-state index in [4.69, 9.17) is 16.3 Å². The number of nitrogens with two attached hydrogens (primary N) is 2. The summed E-state index contributed by atoms with van der Waals surface area (Å²) in [7, 11) is 0. The minimum Gasteiger partial charge on any atom is -0.436 e. The van der Waals surface area contributed by atoms with Crippen LogP contribution in [0.2, 0.25) is 0 Å². The number of hydrazine groups is 1. The number of carbonyl (C=O) groups is 2. The number of nitrogens with one attached hydrogen (secondary N) is 2. The third-order valence-electron chi connectivity index (χ3n) is 2.77. The van der Waals surface area contributed by atoms with Crippen molar-refractivity contribution in [1.29, 1.82) is 0 Å². The Labute approximate surface area is 108 Å². The molecule has 2 amide bonds. The van der Waals surface area contributed by atoms with Gasteiger partial charge in [-0.3, -0.25) is 10.2 Å². The Kier molecular flexibility index (Phi) is 3.67. The van der Waals surface area contributed by atoms with E-state index in [0.29, 0.717) is 0 Å². The first-order valence-electron chi connectivity index (χ1n) is 5.63. The molecule has 100 valence electrons. The van der Waals surface area contributed by atoms with Crippen LogP contribution in [0.5, 0.6) is 0 Å². The normalized spacial score (nSPS) is 12.1. The molecule has 0 unspecified atom stereocenters. The Morgan fingerprint density at radius 2 is 2.11 bits per heavy atom. The lowest BCUT2D eigenvalue weighted by Gasteiger charge is -2.14. The van der Waals surface area contributed by atoms with Gasteiger partial charge in [-0.1, -0.05) is 18.2 Å². The van der Waals surface area contributed by atoms with Gasteiger partial charge in [0.15, 0.2) is 6.10 Å². The number of aromatic nitrogens is 1. The molecule has 0 saturated carbocycles. The highest BCUT2D eigenvalue weighted by Crippen LogP contribution is 2.19. The average Bonchev–Trinajstić information content (AvgIpc) is 2.80. The van der Waals surface area contributed by atoms with Crippen molar-refractivity contribution < 1.29 is 14.3 Å². The van der Waals surface area contributed by atoms with Gasteiger partial charge in [0, 0.05) is 23.5 Å².